The summed E-state index contributed by atoms with van der Waals surface area (Å²) in [5.74, 6) is -0.677. The van der Waals surface area contributed by atoms with Gasteiger partial charge in [-0.15, -0.1) is 0 Å². The first-order valence-electron chi connectivity index (χ1n) is 25.8. The van der Waals surface area contributed by atoms with Crippen molar-refractivity contribution in [3.05, 3.63) is 79.1 Å². The standard InChI is InChI=1S/C56H73N3O10/c1-8-11-12-13-14-15-16-17-18-19-20-21-22-23-30-57-53(63)55(7)29-28-40-37(6)50(35(4)36(5)51(40)69-55)68-48(61)27-26-47(60)67-38-24-25-45-41(31-38)39(9-2)42-33-59-46(49(42)58-45)32-44-43(52(59)62)34-66-54(64)56(44,65)10-3/h24-25,31-32,65H,8-23,26-30,33-34H2,1-7H3,(H,57,63)/t55-,56-/m0/s1. The molecule has 372 valence electrons. The lowest BCUT2D eigenvalue weighted by Crippen LogP contribution is -2.51. The van der Waals surface area contributed by atoms with Crippen LogP contribution in [0.2, 0.25) is 0 Å². The summed E-state index contributed by atoms with van der Waals surface area (Å²) in [6, 6.07) is 6.82. The zero-order chi connectivity index (χ0) is 49.5. The minimum Gasteiger partial charge on any atom is -0.477 e. The first kappa shape index (κ1) is 51.3. The summed E-state index contributed by atoms with van der Waals surface area (Å²) in [7, 11) is 0. The van der Waals surface area contributed by atoms with E-state index in [-0.39, 0.29) is 60.8 Å². The van der Waals surface area contributed by atoms with Gasteiger partial charge >= 0.3 is 17.9 Å². The number of unbranched alkanes of at least 4 members (excludes halogenated alkanes) is 13. The molecule has 2 aromatic heterocycles. The van der Waals surface area contributed by atoms with E-state index in [1.54, 1.807) is 35.8 Å². The molecule has 0 fully saturated rings. The molecule has 3 aliphatic heterocycles. The van der Waals surface area contributed by atoms with Crippen molar-refractivity contribution in [1.82, 2.24) is 14.9 Å². The third-order valence-corrected chi connectivity index (χ3v) is 14.9. The summed E-state index contributed by atoms with van der Waals surface area (Å²) in [5, 5.41) is 15.1. The molecule has 69 heavy (non-hydrogen) atoms. The van der Waals surface area contributed by atoms with Crippen molar-refractivity contribution in [2.24, 2.45) is 0 Å². The van der Waals surface area contributed by atoms with Crippen LogP contribution in [0.5, 0.6) is 17.2 Å². The Hall–Kier alpha value is -5.56. The highest BCUT2D eigenvalue weighted by molar-refractivity contribution is 5.91. The Kier molecular flexibility index (Phi) is 16.7. The molecule has 0 saturated carbocycles. The maximum Gasteiger partial charge on any atom is 0.343 e. The van der Waals surface area contributed by atoms with Crippen LogP contribution >= 0.6 is 0 Å². The van der Waals surface area contributed by atoms with Gasteiger partial charge in [-0.1, -0.05) is 104 Å². The average molecular weight is 948 g/mol. The highest BCUT2D eigenvalue weighted by atomic mass is 16.6. The Morgan fingerprint density at radius 3 is 2.07 bits per heavy atom. The number of ether oxygens (including phenoxy) is 4. The number of nitrogens with one attached hydrogen (secondary N) is 1. The number of aryl methyl sites for hydroxylation is 1. The largest absolute Gasteiger partial charge is 0.477 e. The van der Waals surface area contributed by atoms with Crippen LogP contribution in [0.1, 0.15) is 188 Å². The van der Waals surface area contributed by atoms with E-state index >= 15 is 0 Å². The highest BCUT2D eigenvalue weighted by Crippen LogP contribution is 2.45. The number of carbonyl (C=O) groups is 4. The summed E-state index contributed by atoms with van der Waals surface area (Å²) >= 11 is 0. The van der Waals surface area contributed by atoms with Gasteiger partial charge in [-0.3, -0.25) is 19.2 Å². The summed E-state index contributed by atoms with van der Waals surface area (Å²) in [6.45, 7) is 14.1. The van der Waals surface area contributed by atoms with Crippen LogP contribution in [0.4, 0.5) is 0 Å². The molecule has 0 radical (unpaired) electrons. The van der Waals surface area contributed by atoms with E-state index in [2.05, 4.69) is 12.2 Å². The molecule has 0 bridgehead atoms. The maximum absolute atomic E-state index is 13.7. The molecule has 2 N–H and O–H groups in total. The minimum atomic E-state index is -1.92. The lowest BCUT2D eigenvalue weighted by atomic mass is 9.86. The maximum atomic E-state index is 13.7. The fourth-order valence-corrected chi connectivity index (χ4v) is 10.4. The molecule has 1 amide bonds. The van der Waals surface area contributed by atoms with Crippen LogP contribution in [0.3, 0.4) is 0 Å². The first-order chi connectivity index (χ1) is 33.1. The van der Waals surface area contributed by atoms with Crippen molar-refractivity contribution in [2.75, 3.05) is 6.54 Å². The molecular weight excluding hydrogens is 875 g/mol. The van der Waals surface area contributed by atoms with Gasteiger partial charge in [-0.05, 0) is 99.9 Å². The zero-order valence-electron chi connectivity index (χ0n) is 42.1. The van der Waals surface area contributed by atoms with Gasteiger partial charge in [0.2, 0.25) is 0 Å². The van der Waals surface area contributed by atoms with E-state index in [1.807, 2.05) is 34.6 Å². The molecule has 2 aromatic carbocycles. The van der Waals surface area contributed by atoms with Gasteiger partial charge < -0.3 is 33.9 Å². The third kappa shape index (κ3) is 10.9. The van der Waals surface area contributed by atoms with Crippen molar-refractivity contribution in [3.63, 3.8) is 0 Å². The summed E-state index contributed by atoms with van der Waals surface area (Å²) in [6.07, 6.45) is 19.3. The Morgan fingerprint density at radius 2 is 1.43 bits per heavy atom. The number of benzene rings is 2. The first-order valence-corrected chi connectivity index (χ1v) is 25.8. The van der Waals surface area contributed by atoms with Crippen molar-refractivity contribution in [2.45, 2.75) is 201 Å². The molecule has 2 atom stereocenters. The Balaban J connectivity index is 0.895. The highest BCUT2D eigenvalue weighted by Gasteiger charge is 2.46. The van der Waals surface area contributed by atoms with E-state index in [4.69, 9.17) is 23.9 Å². The molecule has 0 spiro atoms. The third-order valence-electron chi connectivity index (χ3n) is 14.9. The Labute approximate surface area is 407 Å². The van der Waals surface area contributed by atoms with Crippen molar-refractivity contribution in [1.29, 1.82) is 0 Å². The normalized spacial score (nSPS) is 17.9. The number of pyridine rings is 2. The van der Waals surface area contributed by atoms with Crippen LogP contribution in [0, 0.1) is 20.8 Å². The average Bonchev–Trinajstić information content (AvgIpc) is 3.71. The van der Waals surface area contributed by atoms with Gasteiger partial charge in [0.05, 0.1) is 41.9 Å². The number of esters is 3. The fourth-order valence-electron chi connectivity index (χ4n) is 10.4. The van der Waals surface area contributed by atoms with Crippen molar-refractivity contribution in [3.8, 4) is 28.6 Å². The predicted octanol–water partition coefficient (Wildman–Crippen LogP) is 10.5. The minimum absolute atomic E-state index is 0.0503. The number of hydrogen-bond donors (Lipinski definition) is 2. The van der Waals surface area contributed by atoms with E-state index in [9.17, 15) is 29.1 Å². The van der Waals surface area contributed by atoms with E-state index in [1.165, 1.54) is 77.0 Å². The van der Waals surface area contributed by atoms with E-state index in [0.29, 0.717) is 54.2 Å². The SMILES string of the molecule is CCCCCCCCCCCCCCCCNC(=O)[C@]1(C)CCc2c(C)c(OC(=O)CCC(=O)Oc3ccc4nc5c(c(CC)c4c3)Cn3c-5cc4c(c3=O)COC(=O)[C@]4(O)CC)c(C)c(C)c2O1. The van der Waals surface area contributed by atoms with Crippen molar-refractivity contribution < 1.29 is 43.2 Å². The van der Waals surface area contributed by atoms with Gasteiger partial charge in [-0.25, -0.2) is 9.78 Å². The quantitative estimate of drug-likeness (QED) is 0.0363. The molecule has 5 heterocycles. The molecule has 7 rings (SSSR count). The van der Waals surface area contributed by atoms with Gasteiger partial charge in [0.15, 0.2) is 11.2 Å². The van der Waals surface area contributed by atoms with Crippen LogP contribution < -0.4 is 25.1 Å². The summed E-state index contributed by atoms with van der Waals surface area (Å²) in [4.78, 5) is 71.2. The monoisotopic (exact) mass is 948 g/mol. The molecule has 13 nitrogen and oxygen atoms in total. The van der Waals surface area contributed by atoms with E-state index in [0.717, 1.165) is 51.6 Å². The number of nitrogens with zero attached hydrogens (tertiary/aromatic N) is 2. The second-order valence-electron chi connectivity index (χ2n) is 19.7. The number of aliphatic hydroxyl groups is 1. The summed E-state index contributed by atoms with van der Waals surface area (Å²) < 4.78 is 25.0. The van der Waals surface area contributed by atoms with Gasteiger partial charge in [0, 0.05) is 35.0 Å². The predicted molar refractivity (Wildman–Crippen MR) is 266 cm³/mol. The van der Waals surface area contributed by atoms with Crippen LogP contribution in [-0.2, 0) is 55.5 Å². The smallest absolute Gasteiger partial charge is 0.343 e. The number of fused-ring (bicyclic) bond motifs is 6. The van der Waals surface area contributed by atoms with Gasteiger partial charge in [0.1, 0.15) is 23.9 Å². The van der Waals surface area contributed by atoms with Gasteiger partial charge in [-0.2, -0.15) is 0 Å². The molecule has 4 aromatic rings. The molecule has 0 unspecified atom stereocenters. The number of rotatable bonds is 23. The zero-order valence-corrected chi connectivity index (χ0v) is 42.1. The van der Waals surface area contributed by atoms with Gasteiger partial charge in [0.25, 0.3) is 11.5 Å². The van der Waals surface area contributed by atoms with Crippen molar-refractivity contribution >= 4 is 34.7 Å². The number of amides is 1. The Morgan fingerprint density at radius 1 is 0.797 bits per heavy atom. The summed E-state index contributed by atoms with van der Waals surface area (Å²) in [5.41, 5.74) is 3.95. The van der Waals surface area contributed by atoms with Crippen LogP contribution in [0.15, 0.2) is 29.1 Å². The van der Waals surface area contributed by atoms with Crippen LogP contribution in [0.25, 0.3) is 22.3 Å². The topological polar surface area (TPSA) is 172 Å². The lowest BCUT2D eigenvalue weighted by Gasteiger charge is -2.37. The molecular formula is C56H73N3O10. The molecule has 3 aliphatic rings. The molecule has 0 aliphatic carbocycles. The molecule has 13 heteroatoms. The number of aromatic nitrogens is 2. The number of carbonyl (C=O) groups excluding carboxylic acids is 4. The number of cyclic esters (lactones) is 1. The van der Waals surface area contributed by atoms with E-state index < -0.39 is 29.1 Å². The molecule has 0 saturated heterocycles. The second-order valence-corrected chi connectivity index (χ2v) is 19.7. The second kappa shape index (κ2) is 22.5. The lowest BCUT2D eigenvalue weighted by molar-refractivity contribution is -0.172. The number of hydrogen-bond acceptors (Lipinski definition) is 11. The Bertz CT molecular complexity index is 2650. The van der Waals surface area contributed by atoms with Crippen LogP contribution in [-0.4, -0.2) is 50.6 Å². The fraction of sp³-hybridized carbons (Fsp3) is 0.571.